The second kappa shape index (κ2) is 5.50. The van der Waals surface area contributed by atoms with Crippen molar-refractivity contribution in [2.45, 2.75) is 0 Å². The summed E-state index contributed by atoms with van der Waals surface area (Å²) in [5.74, 6) is 0.0852. The maximum atomic E-state index is 12.1. The molecule has 8 heteroatoms. The van der Waals surface area contributed by atoms with Crippen LogP contribution in [0.5, 0.6) is 0 Å². The number of carbonyl (C=O) groups excluding carboxylic acids is 1. The number of amidine groups is 1. The van der Waals surface area contributed by atoms with Crippen molar-refractivity contribution in [1.82, 2.24) is 20.4 Å². The van der Waals surface area contributed by atoms with Gasteiger partial charge >= 0.3 is 0 Å². The number of aliphatic hydroxyl groups excluding tert-OH is 1. The Hall–Kier alpha value is -3.13. The van der Waals surface area contributed by atoms with Gasteiger partial charge in [-0.2, -0.15) is 0 Å². The standard InChI is InChI=1S/C16H13N5O2S/c17-14-13(15-18-9-4-1-2-5-10(9)19-15)11(22)8-21(14)20-16(23)12-6-3-7-24-12/h1-7,17,22H,8H2,(H,18,19)(H,20,23). The summed E-state index contributed by atoms with van der Waals surface area (Å²) < 4.78 is 0. The molecule has 4 rings (SSSR count). The van der Waals surface area contributed by atoms with Gasteiger partial charge in [-0.25, -0.2) is 4.98 Å². The number of hydrogen-bond donors (Lipinski definition) is 4. The fourth-order valence-corrected chi connectivity index (χ4v) is 3.19. The van der Waals surface area contributed by atoms with Gasteiger partial charge in [0.2, 0.25) is 0 Å². The van der Waals surface area contributed by atoms with E-state index in [0.29, 0.717) is 10.7 Å². The molecule has 0 saturated carbocycles. The molecule has 2 aromatic heterocycles. The van der Waals surface area contributed by atoms with E-state index in [1.807, 2.05) is 24.3 Å². The first-order valence-electron chi connectivity index (χ1n) is 7.21. The van der Waals surface area contributed by atoms with E-state index in [1.165, 1.54) is 16.3 Å². The van der Waals surface area contributed by atoms with Crippen molar-refractivity contribution in [3.63, 3.8) is 0 Å². The van der Waals surface area contributed by atoms with Crippen LogP contribution in [0.4, 0.5) is 0 Å². The van der Waals surface area contributed by atoms with Crippen molar-refractivity contribution in [1.29, 1.82) is 5.41 Å². The quantitative estimate of drug-likeness (QED) is 0.588. The Bertz CT molecular complexity index is 940. The average Bonchev–Trinajstić information content (AvgIpc) is 3.27. The monoisotopic (exact) mass is 339 g/mol. The largest absolute Gasteiger partial charge is 0.509 e. The summed E-state index contributed by atoms with van der Waals surface area (Å²) in [5.41, 5.74) is 4.49. The number of hydrogen-bond acceptors (Lipinski definition) is 5. The second-order valence-corrected chi connectivity index (χ2v) is 6.22. The number of imidazole rings is 1. The highest BCUT2D eigenvalue weighted by Gasteiger charge is 2.31. The summed E-state index contributed by atoms with van der Waals surface area (Å²) in [6.07, 6.45) is 0. The first-order valence-corrected chi connectivity index (χ1v) is 8.09. The summed E-state index contributed by atoms with van der Waals surface area (Å²) in [7, 11) is 0. The molecule has 0 spiro atoms. The molecule has 0 saturated heterocycles. The molecule has 0 atom stereocenters. The number of benzene rings is 1. The lowest BCUT2D eigenvalue weighted by atomic mass is 10.2. The van der Waals surface area contributed by atoms with Crippen LogP contribution in [0.1, 0.15) is 15.5 Å². The zero-order chi connectivity index (χ0) is 16.7. The lowest BCUT2D eigenvalue weighted by Gasteiger charge is -2.18. The van der Waals surface area contributed by atoms with Crippen LogP contribution in [0.2, 0.25) is 0 Å². The minimum Gasteiger partial charge on any atom is -0.509 e. The van der Waals surface area contributed by atoms with Gasteiger partial charge in [0.15, 0.2) is 5.84 Å². The van der Waals surface area contributed by atoms with Crippen molar-refractivity contribution >= 4 is 39.7 Å². The number of hydrazine groups is 1. The van der Waals surface area contributed by atoms with Gasteiger partial charge in [-0.3, -0.25) is 20.6 Å². The van der Waals surface area contributed by atoms with Gasteiger partial charge in [0.25, 0.3) is 5.91 Å². The van der Waals surface area contributed by atoms with Crippen LogP contribution in [0, 0.1) is 5.41 Å². The van der Waals surface area contributed by atoms with Crippen molar-refractivity contribution in [2.75, 3.05) is 6.54 Å². The second-order valence-electron chi connectivity index (χ2n) is 5.28. The number of aromatic nitrogens is 2. The van der Waals surface area contributed by atoms with E-state index in [9.17, 15) is 9.90 Å². The van der Waals surface area contributed by atoms with Crippen LogP contribution in [0.3, 0.4) is 0 Å². The van der Waals surface area contributed by atoms with Crippen LogP contribution >= 0.6 is 11.3 Å². The third-order valence-corrected chi connectivity index (χ3v) is 4.58. The molecular formula is C16H13N5O2S. The third kappa shape index (κ3) is 2.33. The van der Waals surface area contributed by atoms with E-state index in [1.54, 1.807) is 17.5 Å². The molecule has 7 nitrogen and oxygen atoms in total. The van der Waals surface area contributed by atoms with Crippen molar-refractivity contribution < 1.29 is 9.90 Å². The Morgan fingerprint density at radius 2 is 2.17 bits per heavy atom. The van der Waals surface area contributed by atoms with E-state index in [0.717, 1.165) is 11.0 Å². The number of aliphatic hydroxyl groups is 1. The van der Waals surface area contributed by atoms with Crippen LogP contribution in [-0.4, -0.2) is 38.4 Å². The summed E-state index contributed by atoms with van der Waals surface area (Å²) >= 11 is 1.31. The number of amides is 1. The number of rotatable bonds is 3. The number of para-hydroxylation sites is 2. The number of nitrogens with zero attached hydrogens (tertiary/aromatic N) is 2. The highest BCUT2D eigenvalue weighted by Crippen LogP contribution is 2.26. The Kier molecular flexibility index (Phi) is 3.31. The summed E-state index contributed by atoms with van der Waals surface area (Å²) in [6, 6.07) is 11.0. The molecular weight excluding hydrogens is 326 g/mol. The average molecular weight is 339 g/mol. The van der Waals surface area contributed by atoms with Gasteiger partial charge in [-0.15, -0.1) is 11.3 Å². The molecule has 1 aromatic carbocycles. The molecule has 0 unspecified atom stereocenters. The van der Waals surface area contributed by atoms with E-state index in [-0.39, 0.29) is 29.6 Å². The molecule has 4 N–H and O–H groups in total. The minimum absolute atomic E-state index is 0.00328. The highest BCUT2D eigenvalue weighted by molar-refractivity contribution is 7.12. The normalized spacial score (nSPS) is 14.7. The third-order valence-electron chi connectivity index (χ3n) is 3.71. The first-order chi connectivity index (χ1) is 11.6. The van der Waals surface area contributed by atoms with E-state index >= 15 is 0 Å². The Balaban J connectivity index is 1.59. The SMILES string of the molecule is N=C1C(c2nc3ccccc3[nH]2)=C(O)CN1NC(=O)c1cccs1. The van der Waals surface area contributed by atoms with E-state index in [4.69, 9.17) is 5.41 Å². The van der Waals surface area contributed by atoms with Crippen molar-refractivity contribution in [3.8, 4) is 0 Å². The molecule has 0 bridgehead atoms. The molecule has 24 heavy (non-hydrogen) atoms. The molecule has 3 aromatic rings. The molecule has 3 heterocycles. The molecule has 1 amide bonds. The number of carbonyl (C=O) groups is 1. The molecule has 1 aliphatic heterocycles. The summed E-state index contributed by atoms with van der Waals surface area (Å²) in [4.78, 5) is 20.2. The molecule has 1 aliphatic rings. The highest BCUT2D eigenvalue weighted by atomic mass is 32.1. The fraction of sp³-hybridized carbons (Fsp3) is 0.0625. The van der Waals surface area contributed by atoms with Gasteiger partial charge in [0, 0.05) is 0 Å². The van der Waals surface area contributed by atoms with Crippen LogP contribution in [0.25, 0.3) is 16.6 Å². The first kappa shape index (κ1) is 14.5. The van der Waals surface area contributed by atoms with Gasteiger partial charge in [0.1, 0.15) is 17.2 Å². The summed E-state index contributed by atoms with van der Waals surface area (Å²) in [5, 5.41) is 21.6. The number of thiophene rings is 1. The smallest absolute Gasteiger partial charge is 0.279 e. The Labute approximate surface area is 140 Å². The Morgan fingerprint density at radius 1 is 1.33 bits per heavy atom. The zero-order valence-corrected chi connectivity index (χ0v) is 13.2. The van der Waals surface area contributed by atoms with E-state index < -0.39 is 0 Å². The molecule has 120 valence electrons. The maximum Gasteiger partial charge on any atom is 0.279 e. The van der Waals surface area contributed by atoms with Crippen LogP contribution < -0.4 is 5.43 Å². The lowest BCUT2D eigenvalue weighted by molar-refractivity contribution is 0.0879. The Morgan fingerprint density at radius 3 is 2.92 bits per heavy atom. The number of H-pyrrole nitrogens is 1. The van der Waals surface area contributed by atoms with Gasteiger partial charge in [-0.05, 0) is 23.6 Å². The minimum atomic E-state index is -0.312. The van der Waals surface area contributed by atoms with Crippen molar-refractivity contribution in [3.05, 3.63) is 58.2 Å². The zero-order valence-electron chi connectivity index (χ0n) is 12.4. The number of aromatic amines is 1. The predicted octanol–water partition coefficient (Wildman–Crippen LogP) is 2.53. The van der Waals surface area contributed by atoms with Gasteiger partial charge in [-0.1, -0.05) is 18.2 Å². The van der Waals surface area contributed by atoms with E-state index in [2.05, 4.69) is 15.4 Å². The van der Waals surface area contributed by atoms with Crippen LogP contribution in [0.15, 0.2) is 47.5 Å². The van der Waals surface area contributed by atoms with Gasteiger partial charge < -0.3 is 10.1 Å². The maximum absolute atomic E-state index is 12.1. The van der Waals surface area contributed by atoms with Gasteiger partial charge in [0.05, 0.1) is 22.5 Å². The fourth-order valence-electron chi connectivity index (χ4n) is 2.58. The summed E-state index contributed by atoms with van der Waals surface area (Å²) in [6.45, 7) is 0.0301. The molecule has 0 aliphatic carbocycles. The van der Waals surface area contributed by atoms with Crippen molar-refractivity contribution in [2.24, 2.45) is 0 Å². The number of nitrogens with one attached hydrogen (secondary N) is 3. The predicted molar refractivity (Wildman–Crippen MR) is 91.9 cm³/mol. The number of fused-ring (bicyclic) bond motifs is 1. The van der Waals surface area contributed by atoms with Crippen LogP contribution in [-0.2, 0) is 0 Å². The molecule has 0 radical (unpaired) electrons. The molecule has 0 fully saturated rings. The lowest BCUT2D eigenvalue weighted by Crippen LogP contribution is -2.43. The topological polar surface area (TPSA) is 105 Å².